The van der Waals surface area contributed by atoms with Crippen LogP contribution in [-0.4, -0.2) is 10.9 Å². The first-order chi connectivity index (χ1) is 9.22. The fourth-order valence-corrected chi connectivity index (χ4v) is 1.76. The highest BCUT2D eigenvalue weighted by molar-refractivity contribution is 5.99. The molecule has 0 bridgehead atoms. The van der Waals surface area contributed by atoms with Crippen molar-refractivity contribution in [2.45, 2.75) is 13.5 Å². The van der Waals surface area contributed by atoms with E-state index in [0.29, 0.717) is 17.8 Å². The largest absolute Gasteiger partial charge is 0.348 e. The van der Waals surface area contributed by atoms with Gasteiger partial charge < -0.3 is 10.7 Å². The summed E-state index contributed by atoms with van der Waals surface area (Å²) >= 11 is 0. The predicted octanol–water partition coefficient (Wildman–Crippen LogP) is 1.61. The molecular weight excluding hydrogens is 240 g/mol. The van der Waals surface area contributed by atoms with Crippen LogP contribution in [0.2, 0.25) is 0 Å². The summed E-state index contributed by atoms with van der Waals surface area (Å²) in [7, 11) is 0. The van der Waals surface area contributed by atoms with E-state index in [-0.39, 0.29) is 5.91 Å². The van der Waals surface area contributed by atoms with E-state index in [1.807, 2.05) is 19.1 Å². The van der Waals surface area contributed by atoms with Crippen LogP contribution in [0.3, 0.4) is 0 Å². The number of nitrogen functional groups attached to an aromatic ring is 1. The number of anilines is 1. The second-order valence-corrected chi connectivity index (χ2v) is 4.17. The number of aryl methyl sites for hydroxylation is 1. The summed E-state index contributed by atoms with van der Waals surface area (Å²) in [5.74, 6) is 5.21. The van der Waals surface area contributed by atoms with Gasteiger partial charge in [-0.15, -0.1) is 0 Å². The minimum Gasteiger partial charge on any atom is -0.348 e. The molecule has 0 fully saturated rings. The topological polar surface area (TPSA) is 80.0 Å². The van der Waals surface area contributed by atoms with Gasteiger partial charge in [0.1, 0.15) is 0 Å². The molecule has 4 N–H and O–H groups in total. The number of hydrazine groups is 1. The number of carbonyl (C=O) groups excluding carboxylic acids is 1. The van der Waals surface area contributed by atoms with Gasteiger partial charge in [-0.1, -0.05) is 12.1 Å². The molecule has 5 nitrogen and oxygen atoms in total. The molecule has 0 unspecified atom stereocenters. The molecule has 0 aliphatic rings. The maximum atomic E-state index is 12.1. The Kier molecular flexibility index (Phi) is 4.10. The summed E-state index contributed by atoms with van der Waals surface area (Å²) in [5, 5.41) is 2.86. The molecule has 2 rings (SSSR count). The van der Waals surface area contributed by atoms with Crippen molar-refractivity contribution < 1.29 is 4.79 Å². The first kappa shape index (κ1) is 13.0. The Bertz CT molecular complexity index is 583. The van der Waals surface area contributed by atoms with Gasteiger partial charge in [0.2, 0.25) is 0 Å². The highest BCUT2D eigenvalue weighted by Crippen LogP contribution is 2.13. The lowest BCUT2D eigenvalue weighted by Crippen LogP contribution is -2.25. The summed E-state index contributed by atoms with van der Waals surface area (Å²) in [4.78, 5) is 16.1. The van der Waals surface area contributed by atoms with Crippen molar-refractivity contribution in [2.75, 3.05) is 5.43 Å². The number of nitrogens with two attached hydrogens (primary N) is 1. The normalized spacial score (nSPS) is 10.0. The lowest BCUT2D eigenvalue weighted by Gasteiger charge is -2.10. The summed E-state index contributed by atoms with van der Waals surface area (Å²) < 4.78 is 0. The van der Waals surface area contributed by atoms with Gasteiger partial charge in [-0.05, 0) is 36.2 Å². The molecule has 0 radical (unpaired) electrons. The summed E-state index contributed by atoms with van der Waals surface area (Å²) in [5.41, 5.74) is 5.72. The average molecular weight is 256 g/mol. The summed E-state index contributed by atoms with van der Waals surface area (Å²) in [6.45, 7) is 2.43. The van der Waals surface area contributed by atoms with Gasteiger partial charge in [-0.2, -0.15) is 0 Å². The summed E-state index contributed by atoms with van der Waals surface area (Å²) in [6.07, 6.45) is 3.48. The molecule has 1 heterocycles. The van der Waals surface area contributed by atoms with Gasteiger partial charge in [0.25, 0.3) is 5.91 Å². The fraction of sp³-hybridized carbons (Fsp3) is 0.143. The smallest absolute Gasteiger partial charge is 0.253 e. The quantitative estimate of drug-likeness (QED) is 0.573. The molecule has 0 saturated carbocycles. The van der Waals surface area contributed by atoms with E-state index < -0.39 is 0 Å². The fourth-order valence-electron chi connectivity index (χ4n) is 1.76. The predicted molar refractivity (Wildman–Crippen MR) is 74.4 cm³/mol. The maximum absolute atomic E-state index is 12.1. The number of aromatic nitrogens is 1. The van der Waals surface area contributed by atoms with Crippen LogP contribution >= 0.6 is 0 Å². The first-order valence-electron chi connectivity index (χ1n) is 5.95. The van der Waals surface area contributed by atoms with Gasteiger partial charge >= 0.3 is 0 Å². The van der Waals surface area contributed by atoms with Crippen molar-refractivity contribution in [3.05, 3.63) is 59.4 Å². The molecular formula is C14H16N4O. The van der Waals surface area contributed by atoms with Crippen molar-refractivity contribution in [1.82, 2.24) is 10.3 Å². The van der Waals surface area contributed by atoms with Crippen LogP contribution in [0.5, 0.6) is 0 Å². The minimum absolute atomic E-state index is 0.170. The Hall–Kier alpha value is -2.40. The molecule has 0 saturated heterocycles. The van der Waals surface area contributed by atoms with Crippen LogP contribution in [0, 0.1) is 6.92 Å². The van der Waals surface area contributed by atoms with E-state index in [0.717, 1.165) is 11.1 Å². The Morgan fingerprint density at radius 3 is 2.84 bits per heavy atom. The molecule has 5 heteroatoms. The maximum Gasteiger partial charge on any atom is 0.253 e. The van der Waals surface area contributed by atoms with Crippen molar-refractivity contribution >= 4 is 11.6 Å². The summed E-state index contributed by atoms with van der Waals surface area (Å²) in [6, 6.07) is 9.00. The number of carbonyl (C=O) groups is 1. The molecule has 2 aromatic rings. The molecule has 0 spiro atoms. The van der Waals surface area contributed by atoms with Crippen molar-refractivity contribution in [3.63, 3.8) is 0 Å². The van der Waals surface area contributed by atoms with Gasteiger partial charge in [0, 0.05) is 18.9 Å². The molecule has 1 amide bonds. The number of pyridine rings is 1. The molecule has 0 aliphatic carbocycles. The standard InChI is InChI=1S/C14H16N4O/c1-10-6-7-16-8-11(10)9-17-14(19)12-4-2-3-5-13(12)18-15/h2-8,18H,9,15H2,1H3,(H,17,19). The second-order valence-electron chi connectivity index (χ2n) is 4.17. The molecule has 0 aliphatic heterocycles. The number of nitrogens with one attached hydrogen (secondary N) is 2. The van der Waals surface area contributed by atoms with Crippen molar-refractivity contribution in [3.8, 4) is 0 Å². The number of benzene rings is 1. The zero-order valence-corrected chi connectivity index (χ0v) is 10.7. The highest BCUT2D eigenvalue weighted by Gasteiger charge is 2.10. The van der Waals surface area contributed by atoms with Crippen LogP contribution in [0.4, 0.5) is 5.69 Å². The van der Waals surface area contributed by atoms with E-state index in [2.05, 4.69) is 15.7 Å². The van der Waals surface area contributed by atoms with Crippen LogP contribution in [0.25, 0.3) is 0 Å². The Balaban J connectivity index is 2.08. The van der Waals surface area contributed by atoms with E-state index in [9.17, 15) is 4.79 Å². The van der Waals surface area contributed by atoms with Crippen LogP contribution in [-0.2, 0) is 6.54 Å². The van der Waals surface area contributed by atoms with Crippen molar-refractivity contribution in [2.24, 2.45) is 5.84 Å². The van der Waals surface area contributed by atoms with Crippen LogP contribution in [0.15, 0.2) is 42.7 Å². The third kappa shape index (κ3) is 3.08. The van der Waals surface area contributed by atoms with Gasteiger partial charge in [-0.3, -0.25) is 15.6 Å². The number of nitrogens with zero attached hydrogens (tertiary/aromatic N) is 1. The minimum atomic E-state index is -0.170. The Labute approximate surface area is 111 Å². The third-order valence-corrected chi connectivity index (χ3v) is 2.91. The number of para-hydroxylation sites is 1. The van der Waals surface area contributed by atoms with E-state index >= 15 is 0 Å². The monoisotopic (exact) mass is 256 g/mol. The molecule has 98 valence electrons. The lowest BCUT2D eigenvalue weighted by atomic mass is 10.1. The highest BCUT2D eigenvalue weighted by atomic mass is 16.1. The molecule has 19 heavy (non-hydrogen) atoms. The van der Waals surface area contributed by atoms with E-state index in [1.54, 1.807) is 30.6 Å². The SMILES string of the molecule is Cc1ccncc1CNC(=O)c1ccccc1NN. The van der Waals surface area contributed by atoms with Gasteiger partial charge in [0.15, 0.2) is 0 Å². The van der Waals surface area contributed by atoms with Crippen LogP contribution < -0.4 is 16.6 Å². The number of hydrogen-bond donors (Lipinski definition) is 3. The number of hydrogen-bond acceptors (Lipinski definition) is 4. The zero-order valence-electron chi connectivity index (χ0n) is 10.7. The zero-order chi connectivity index (χ0) is 13.7. The Morgan fingerprint density at radius 2 is 2.11 bits per heavy atom. The van der Waals surface area contributed by atoms with Gasteiger partial charge in [0.05, 0.1) is 11.3 Å². The third-order valence-electron chi connectivity index (χ3n) is 2.91. The van der Waals surface area contributed by atoms with E-state index in [1.165, 1.54) is 0 Å². The average Bonchev–Trinajstić information content (AvgIpc) is 2.46. The second kappa shape index (κ2) is 5.97. The molecule has 0 atom stereocenters. The van der Waals surface area contributed by atoms with Crippen molar-refractivity contribution in [1.29, 1.82) is 0 Å². The molecule has 1 aromatic carbocycles. The molecule has 1 aromatic heterocycles. The first-order valence-corrected chi connectivity index (χ1v) is 5.95. The lowest BCUT2D eigenvalue weighted by molar-refractivity contribution is 0.0951. The van der Waals surface area contributed by atoms with E-state index in [4.69, 9.17) is 5.84 Å². The van der Waals surface area contributed by atoms with Gasteiger partial charge in [-0.25, -0.2) is 0 Å². The Morgan fingerprint density at radius 1 is 1.32 bits per heavy atom. The van der Waals surface area contributed by atoms with Crippen LogP contribution in [0.1, 0.15) is 21.5 Å². The number of rotatable bonds is 4. The number of amides is 1.